The van der Waals surface area contributed by atoms with Crippen molar-refractivity contribution in [2.24, 2.45) is 11.8 Å². The lowest BCUT2D eigenvalue weighted by atomic mass is 9.87. The first-order valence-electron chi connectivity index (χ1n) is 6.50. The highest BCUT2D eigenvalue weighted by atomic mass is 16.5. The van der Waals surface area contributed by atoms with Crippen molar-refractivity contribution >= 4 is 5.97 Å². The van der Waals surface area contributed by atoms with Crippen molar-refractivity contribution in [1.29, 1.82) is 0 Å². The van der Waals surface area contributed by atoms with Crippen LogP contribution in [-0.4, -0.2) is 22.3 Å². The van der Waals surface area contributed by atoms with Gasteiger partial charge < -0.3 is 14.9 Å². The lowest BCUT2D eigenvalue weighted by Gasteiger charge is -2.23. The molecule has 3 unspecified atom stereocenters. The molecule has 0 bridgehead atoms. The molecule has 1 rings (SSSR count). The Morgan fingerprint density at radius 3 is 2.37 bits per heavy atom. The van der Waals surface area contributed by atoms with Crippen molar-refractivity contribution in [2.75, 3.05) is 0 Å². The van der Waals surface area contributed by atoms with Gasteiger partial charge in [0.15, 0.2) is 0 Å². The van der Waals surface area contributed by atoms with Crippen LogP contribution in [0.4, 0.5) is 0 Å². The van der Waals surface area contributed by atoms with Crippen LogP contribution < -0.4 is 4.74 Å². The zero-order valence-corrected chi connectivity index (χ0v) is 11.8. The molecule has 0 radical (unpaired) electrons. The molecule has 0 spiro atoms. The second-order valence-corrected chi connectivity index (χ2v) is 5.17. The van der Waals surface area contributed by atoms with Crippen molar-refractivity contribution < 1.29 is 19.7 Å². The number of aliphatic hydroxyl groups excluding tert-OH is 1. The first-order chi connectivity index (χ1) is 8.82. The maximum Gasteiger partial charge on any atom is 0.306 e. The number of rotatable bonds is 6. The summed E-state index contributed by atoms with van der Waals surface area (Å²) in [5.41, 5.74) is 0.679. The van der Waals surface area contributed by atoms with Gasteiger partial charge in [0.1, 0.15) is 5.75 Å². The molecular weight excluding hydrogens is 244 g/mol. The lowest BCUT2D eigenvalue weighted by Crippen LogP contribution is -2.23. The summed E-state index contributed by atoms with van der Waals surface area (Å²) in [5.74, 6) is -1.20. The zero-order chi connectivity index (χ0) is 14.6. The van der Waals surface area contributed by atoms with E-state index in [9.17, 15) is 9.90 Å². The summed E-state index contributed by atoms with van der Waals surface area (Å²) in [5, 5.41) is 19.2. The van der Waals surface area contributed by atoms with E-state index in [1.54, 1.807) is 32.0 Å². The third kappa shape index (κ3) is 4.24. The first-order valence-corrected chi connectivity index (χ1v) is 6.50. The fourth-order valence-electron chi connectivity index (χ4n) is 1.85. The largest absolute Gasteiger partial charge is 0.491 e. The van der Waals surface area contributed by atoms with E-state index >= 15 is 0 Å². The van der Waals surface area contributed by atoms with Crippen molar-refractivity contribution in [3.63, 3.8) is 0 Å². The summed E-state index contributed by atoms with van der Waals surface area (Å²) in [6.45, 7) is 7.20. The van der Waals surface area contributed by atoms with E-state index < -0.39 is 18.0 Å². The number of benzene rings is 1. The predicted octanol–water partition coefficient (Wildman–Crippen LogP) is 2.86. The molecule has 0 saturated carbocycles. The lowest BCUT2D eigenvalue weighted by molar-refractivity contribution is -0.144. The van der Waals surface area contributed by atoms with Gasteiger partial charge in [-0.15, -0.1) is 0 Å². The van der Waals surface area contributed by atoms with Gasteiger partial charge >= 0.3 is 5.97 Å². The number of ether oxygens (including phenoxy) is 1. The Morgan fingerprint density at radius 2 is 1.84 bits per heavy atom. The normalized spacial score (nSPS) is 15.9. The van der Waals surface area contributed by atoms with Crippen molar-refractivity contribution in [2.45, 2.75) is 39.9 Å². The minimum Gasteiger partial charge on any atom is -0.491 e. The molecular formula is C15H22O4. The summed E-state index contributed by atoms with van der Waals surface area (Å²) >= 11 is 0. The molecule has 4 nitrogen and oxygen atoms in total. The summed E-state index contributed by atoms with van der Waals surface area (Å²) in [6.07, 6.45) is -0.760. The van der Waals surface area contributed by atoms with Gasteiger partial charge in [0.25, 0.3) is 0 Å². The monoisotopic (exact) mass is 266 g/mol. The van der Waals surface area contributed by atoms with E-state index in [1.165, 1.54) is 0 Å². The van der Waals surface area contributed by atoms with E-state index in [0.29, 0.717) is 11.3 Å². The second-order valence-electron chi connectivity index (χ2n) is 5.17. The number of aliphatic carboxylic acids is 1. The Kier molecular flexibility index (Phi) is 5.36. The van der Waals surface area contributed by atoms with Gasteiger partial charge in [0, 0.05) is 0 Å². The van der Waals surface area contributed by atoms with Crippen LogP contribution in [0.2, 0.25) is 0 Å². The number of hydrogen-bond donors (Lipinski definition) is 2. The molecule has 106 valence electrons. The van der Waals surface area contributed by atoms with Crippen LogP contribution in [-0.2, 0) is 4.79 Å². The van der Waals surface area contributed by atoms with Crippen LogP contribution in [0.3, 0.4) is 0 Å². The maximum atomic E-state index is 11.0. The minimum absolute atomic E-state index is 0.0581. The van der Waals surface area contributed by atoms with Gasteiger partial charge in [0.2, 0.25) is 0 Å². The van der Waals surface area contributed by atoms with Crippen molar-refractivity contribution in [1.82, 2.24) is 0 Å². The number of carboxylic acids is 1. The van der Waals surface area contributed by atoms with Crippen molar-refractivity contribution in [3.8, 4) is 5.75 Å². The molecule has 0 heterocycles. The minimum atomic E-state index is -0.902. The van der Waals surface area contributed by atoms with E-state index in [0.717, 1.165) is 0 Å². The summed E-state index contributed by atoms with van der Waals surface area (Å²) in [6, 6.07) is 7.16. The topological polar surface area (TPSA) is 66.8 Å². The fourth-order valence-corrected chi connectivity index (χ4v) is 1.85. The molecule has 3 atom stereocenters. The van der Waals surface area contributed by atoms with Gasteiger partial charge in [-0.2, -0.15) is 0 Å². The average Bonchev–Trinajstić information content (AvgIpc) is 2.35. The maximum absolute atomic E-state index is 11.0. The van der Waals surface area contributed by atoms with Gasteiger partial charge in [-0.05, 0) is 37.5 Å². The Balaban J connectivity index is 2.87. The number of carboxylic acid groups (broad SMARTS) is 1. The Bertz CT molecular complexity index is 428. The van der Waals surface area contributed by atoms with Crippen LogP contribution in [0.5, 0.6) is 5.75 Å². The molecule has 0 aromatic heterocycles. The Hall–Kier alpha value is -1.55. The standard InChI is InChI=1S/C15H22O4/c1-9(2)19-13-7-5-6-12(8-13)14(16)10(3)11(4)15(17)18/h5-11,14,16H,1-4H3,(H,17,18). The van der Waals surface area contributed by atoms with Crippen LogP contribution >= 0.6 is 0 Å². The molecule has 0 fully saturated rings. The van der Waals surface area contributed by atoms with Crippen LogP contribution in [0.1, 0.15) is 39.4 Å². The molecule has 19 heavy (non-hydrogen) atoms. The molecule has 0 amide bonds. The van der Waals surface area contributed by atoms with E-state index in [-0.39, 0.29) is 12.0 Å². The molecule has 0 aliphatic heterocycles. The van der Waals surface area contributed by atoms with Gasteiger partial charge in [-0.25, -0.2) is 0 Å². The third-order valence-corrected chi connectivity index (χ3v) is 3.25. The molecule has 1 aromatic rings. The second kappa shape index (κ2) is 6.57. The van der Waals surface area contributed by atoms with E-state index in [4.69, 9.17) is 9.84 Å². The highest BCUT2D eigenvalue weighted by Gasteiger charge is 2.27. The summed E-state index contributed by atoms with van der Waals surface area (Å²) in [4.78, 5) is 11.0. The number of aliphatic hydroxyl groups is 1. The highest BCUT2D eigenvalue weighted by molar-refractivity contribution is 5.69. The molecule has 2 N–H and O–H groups in total. The fraction of sp³-hybridized carbons (Fsp3) is 0.533. The van der Waals surface area contributed by atoms with Crippen molar-refractivity contribution in [3.05, 3.63) is 29.8 Å². The molecule has 0 aliphatic rings. The summed E-state index contributed by atoms with van der Waals surface area (Å²) in [7, 11) is 0. The van der Waals surface area contributed by atoms with E-state index in [1.807, 2.05) is 19.9 Å². The van der Waals surface area contributed by atoms with Gasteiger partial charge in [-0.1, -0.05) is 26.0 Å². The first kappa shape index (κ1) is 15.5. The quantitative estimate of drug-likeness (QED) is 0.831. The van der Waals surface area contributed by atoms with E-state index in [2.05, 4.69) is 0 Å². The summed E-state index contributed by atoms with van der Waals surface area (Å²) < 4.78 is 5.57. The SMILES string of the molecule is CC(C)Oc1cccc(C(O)C(C)C(C)C(=O)O)c1. The van der Waals surface area contributed by atoms with Gasteiger partial charge in [0.05, 0.1) is 18.1 Å². The zero-order valence-electron chi connectivity index (χ0n) is 11.8. The van der Waals surface area contributed by atoms with Crippen LogP contribution in [0.15, 0.2) is 24.3 Å². The van der Waals surface area contributed by atoms with Crippen LogP contribution in [0, 0.1) is 11.8 Å². The number of carbonyl (C=O) groups is 1. The Labute approximate surface area is 114 Å². The predicted molar refractivity (Wildman–Crippen MR) is 73.1 cm³/mol. The Morgan fingerprint density at radius 1 is 1.21 bits per heavy atom. The smallest absolute Gasteiger partial charge is 0.306 e. The third-order valence-electron chi connectivity index (χ3n) is 3.25. The molecule has 4 heteroatoms. The molecule has 0 saturated heterocycles. The molecule has 1 aromatic carbocycles. The van der Waals surface area contributed by atoms with Gasteiger partial charge in [-0.3, -0.25) is 4.79 Å². The highest BCUT2D eigenvalue weighted by Crippen LogP contribution is 2.30. The number of hydrogen-bond acceptors (Lipinski definition) is 3. The molecule has 0 aliphatic carbocycles. The van der Waals surface area contributed by atoms with Crippen LogP contribution in [0.25, 0.3) is 0 Å². The average molecular weight is 266 g/mol.